The number of nitrogens with one attached hydrogen (secondary N) is 1. The summed E-state index contributed by atoms with van der Waals surface area (Å²) in [5.74, 6) is 6.51. The molecule has 1 aromatic carbocycles. The molecule has 1 unspecified atom stereocenters. The minimum atomic E-state index is 0.0889. The molecule has 3 heteroatoms. The van der Waals surface area contributed by atoms with Crippen LogP contribution in [-0.2, 0) is 6.42 Å². The van der Waals surface area contributed by atoms with E-state index in [1.165, 1.54) is 11.1 Å². The van der Waals surface area contributed by atoms with E-state index in [4.69, 9.17) is 10.3 Å². The molecular formula is C13H16N2O. The molecule has 2 rings (SSSR count). The van der Waals surface area contributed by atoms with Gasteiger partial charge in [-0.1, -0.05) is 29.8 Å². The second-order valence-electron chi connectivity index (χ2n) is 3.92. The first kappa shape index (κ1) is 10.9. The molecule has 0 radical (unpaired) electrons. The summed E-state index contributed by atoms with van der Waals surface area (Å²) in [6.45, 7) is 2.07. The minimum absolute atomic E-state index is 0.0889. The molecule has 1 heterocycles. The molecule has 0 saturated heterocycles. The Bertz CT molecular complexity index is 437. The third kappa shape index (κ3) is 2.51. The van der Waals surface area contributed by atoms with Crippen LogP contribution in [0.5, 0.6) is 0 Å². The standard InChI is InChI=1S/C13H16N2O/c1-10-4-2-5-11(8-10)13(15-14)9-12-6-3-7-16-12/h2-8,13,15H,9,14H2,1H3. The number of aryl methyl sites for hydroxylation is 1. The number of benzene rings is 1. The predicted octanol–water partition coefficient (Wildman–Crippen LogP) is 2.34. The van der Waals surface area contributed by atoms with Crippen LogP contribution in [0.1, 0.15) is 22.9 Å². The zero-order valence-corrected chi connectivity index (χ0v) is 9.31. The predicted molar refractivity (Wildman–Crippen MR) is 63.7 cm³/mol. The van der Waals surface area contributed by atoms with E-state index >= 15 is 0 Å². The van der Waals surface area contributed by atoms with Crippen molar-refractivity contribution in [3.8, 4) is 0 Å². The molecule has 3 N–H and O–H groups in total. The van der Waals surface area contributed by atoms with Crippen LogP contribution < -0.4 is 11.3 Å². The van der Waals surface area contributed by atoms with Crippen molar-refractivity contribution in [2.24, 2.45) is 5.84 Å². The van der Waals surface area contributed by atoms with Crippen LogP contribution in [0.4, 0.5) is 0 Å². The van der Waals surface area contributed by atoms with Crippen LogP contribution in [0.15, 0.2) is 47.1 Å². The highest BCUT2D eigenvalue weighted by atomic mass is 16.3. The Hall–Kier alpha value is -1.58. The average Bonchev–Trinajstić information content (AvgIpc) is 2.78. The number of furan rings is 1. The zero-order chi connectivity index (χ0) is 11.4. The molecule has 0 amide bonds. The maximum atomic E-state index is 5.58. The van der Waals surface area contributed by atoms with E-state index < -0.39 is 0 Å². The number of rotatable bonds is 4. The van der Waals surface area contributed by atoms with Crippen molar-refractivity contribution in [1.29, 1.82) is 0 Å². The fourth-order valence-electron chi connectivity index (χ4n) is 1.79. The summed E-state index contributed by atoms with van der Waals surface area (Å²) in [5.41, 5.74) is 5.24. The summed E-state index contributed by atoms with van der Waals surface area (Å²) in [6, 6.07) is 12.2. The summed E-state index contributed by atoms with van der Waals surface area (Å²) in [4.78, 5) is 0. The van der Waals surface area contributed by atoms with E-state index in [0.29, 0.717) is 0 Å². The largest absolute Gasteiger partial charge is 0.469 e. The molecule has 0 aliphatic heterocycles. The quantitative estimate of drug-likeness (QED) is 0.609. The van der Waals surface area contributed by atoms with E-state index in [9.17, 15) is 0 Å². The lowest BCUT2D eigenvalue weighted by atomic mass is 10.0. The normalized spacial score (nSPS) is 12.6. The maximum Gasteiger partial charge on any atom is 0.105 e. The minimum Gasteiger partial charge on any atom is -0.469 e. The molecule has 1 aromatic heterocycles. The first-order valence-corrected chi connectivity index (χ1v) is 5.34. The van der Waals surface area contributed by atoms with Crippen molar-refractivity contribution in [1.82, 2.24) is 5.43 Å². The van der Waals surface area contributed by atoms with Gasteiger partial charge >= 0.3 is 0 Å². The molecule has 0 aliphatic rings. The lowest BCUT2D eigenvalue weighted by Crippen LogP contribution is -2.29. The topological polar surface area (TPSA) is 51.2 Å². The van der Waals surface area contributed by atoms with Crippen molar-refractivity contribution in [3.05, 3.63) is 59.5 Å². The van der Waals surface area contributed by atoms with Gasteiger partial charge in [-0.15, -0.1) is 0 Å². The first-order valence-electron chi connectivity index (χ1n) is 5.34. The Morgan fingerprint density at radius 1 is 1.31 bits per heavy atom. The van der Waals surface area contributed by atoms with Crippen molar-refractivity contribution in [2.75, 3.05) is 0 Å². The third-order valence-corrected chi connectivity index (χ3v) is 2.63. The van der Waals surface area contributed by atoms with E-state index in [-0.39, 0.29) is 6.04 Å². The van der Waals surface area contributed by atoms with E-state index in [1.54, 1.807) is 6.26 Å². The molecule has 1 atom stereocenters. The Balaban J connectivity index is 2.16. The van der Waals surface area contributed by atoms with Crippen molar-refractivity contribution < 1.29 is 4.42 Å². The second kappa shape index (κ2) is 4.96. The van der Waals surface area contributed by atoms with Gasteiger partial charge in [-0.2, -0.15) is 0 Å². The van der Waals surface area contributed by atoms with Gasteiger partial charge in [-0.3, -0.25) is 11.3 Å². The van der Waals surface area contributed by atoms with Gasteiger partial charge < -0.3 is 4.42 Å². The molecule has 84 valence electrons. The van der Waals surface area contributed by atoms with Crippen LogP contribution in [0.2, 0.25) is 0 Å². The Morgan fingerprint density at radius 3 is 2.81 bits per heavy atom. The van der Waals surface area contributed by atoms with Crippen LogP contribution in [0.25, 0.3) is 0 Å². The van der Waals surface area contributed by atoms with Gasteiger partial charge in [-0.05, 0) is 24.6 Å². The van der Waals surface area contributed by atoms with Crippen LogP contribution in [-0.4, -0.2) is 0 Å². The highest BCUT2D eigenvalue weighted by Crippen LogP contribution is 2.18. The van der Waals surface area contributed by atoms with Gasteiger partial charge in [0.1, 0.15) is 5.76 Å². The van der Waals surface area contributed by atoms with E-state index in [2.05, 4.69) is 30.5 Å². The number of hydrogen-bond acceptors (Lipinski definition) is 3. The smallest absolute Gasteiger partial charge is 0.105 e. The number of hydrazine groups is 1. The molecule has 16 heavy (non-hydrogen) atoms. The van der Waals surface area contributed by atoms with Crippen molar-refractivity contribution in [3.63, 3.8) is 0 Å². The van der Waals surface area contributed by atoms with Crippen molar-refractivity contribution >= 4 is 0 Å². The van der Waals surface area contributed by atoms with Crippen LogP contribution >= 0.6 is 0 Å². The lowest BCUT2D eigenvalue weighted by molar-refractivity contribution is 0.454. The average molecular weight is 216 g/mol. The Morgan fingerprint density at radius 2 is 2.19 bits per heavy atom. The highest BCUT2D eigenvalue weighted by molar-refractivity contribution is 5.26. The third-order valence-electron chi connectivity index (χ3n) is 2.63. The number of hydrogen-bond donors (Lipinski definition) is 2. The SMILES string of the molecule is Cc1cccc(C(Cc2ccco2)NN)c1. The van der Waals surface area contributed by atoms with Gasteiger partial charge in [0, 0.05) is 6.42 Å². The van der Waals surface area contributed by atoms with Gasteiger partial charge in [-0.25, -0.2) is 0 Å². The Kier molecular flexibility index (Phi) is 3.39. The molecule has 0 saturated carbocycles. The van der Waals surface area contributed by atoms with Gasteiger partial charge in [0.2, 0.25) is 0 Å². The summed E-state index contributed by atoms with van der Waals surface area (Å²) >= 11 is 0. The van der Waals surface area contributed by atoms with Crippen LogP contribution in [0, 0.1) is 6.92 Å². The summed E-state index contributed by atoms with van der Waals surface area (Å²) in [7, 11) is 0. The maximum absolute atomic E-state index is 5.58. The van der Waals surface area contributed by atoms with E-state index in [1.807, 2.05) is 18.2 Å². The van der Waals surface area contributed by atoms with Gasteiger partial charge in [0.15, 0.2) is 0 Å². The van der Waals surface area contributed by atoms with Crippen LogP contribution in [0.3, 0.4) is 0 Å². The fraction of sp³-hybridized carbons (Fsp3) is 0.231. The molecule has 0 bridgehead atoms. The van der Waals surface area contributed by atoms with E-state index in [0.717, 1.165) is 12.2 Å². The van der Waals surface area contributed by atoms with Crippen molar-refractivity contribution in [2.45, 2.75) is 19.4 Å². The molecule has 0 fully saturated rings. The first-order chi connectivity index (χ1) is 7.79. The molecular weight excluding hydrogens is 200 g/mol. The second-order valence-corrected chi connectivity index (χ2v) is 3.92. The zero-order valence-electron chi connectivity index (χ0n) is 9.31. The fourth-order valence-corrected chi connectivity index (χ4v) is 1.79. The molecule has 0 spiro atoms. The lowest BCUT2D eigenvalue weighted by Gasteiger charge is -2.15. The summed E-state index contributed by atoms with van der Waals surface area (Å²) in [6.07, 6.45) is 2.44. The van der Waals surface area contributed by atoms with Gasteiger partial charge in [0.25, 0.3) is 0 Å². The molecule has 0 aliphatic carbocycles. The Labute approximate surface area is 95.2 Å². The van der Waals surface area contributed by atoms with Gasteiger partial charge in [0.05, 0.1) is 12.3 Å². The summed E-state index contributed by atoms with van der Waals surface area (Å²) < 4.78 is 5.32. The highest BCUT2D eigenvalue weighted by Gasteiger charge is 2.11. The molecule has 2 aromatic rings. The monoisotopic (exact) mass is 216 g/mol. The molecule has 3 nitrogen and oxygen atoms in total. The number of nitrogens with two attached hydrogens (primary N) is 1. The summed E-state index contributed by atoms with van der Waals surface area (Å²) in [5, 5.41) is 0.